The molecule has 0 radical (unpaired) electrons. The number of aryl methyl sites for hydroxylation is 1. The van der Waals surface area contributed by atoms with Crippen LogP contribution in [0.15, 0.2) is 54.7 Å². The van der Waals surface area contributed by atoms with Gasteiger partial charge in [0, 0.05) is 17.8 Å². The molecule has 0 aliphatic heterocycles. The summed E-state index contributed by atoms with van der Waals surface area (Å²) in [5, 5.41) is 1.17. The fourth-order valence-electron chi connectivity index (χ4n) is 2.45. The number of alkyl halides is 3. The third-order valence-corrected chi connectivity index (χ3v) is 3.48. The average Bonchev–Trinajstić information content (AvgIpc) is 2.82. The zero-order valence-corrected chi connectivity index (χ0v) is 12.3. The van der Waals surface area contributed by atoms with Gasteiger partial charge in [0.05, 0.1) is 5.52 Å². The number of ether oxygens (including phenoxy) is 1. The molecule has 0 saturated carbocycles. The van der Waals surface area contributed by atoms with Crippen LogP contribution in [0.5, 0.6) is 5.75 Å². The highest BCUT2D eigenvalue weighted by atomic mass is 19.4. The molecule has 0 bridgehead atoms. The van der Waals surface area contributed by atoms with E-state index in [1.54, 1.807) is 12.1 Å². The quantitative estimate of drug-likeness (QED) is 0.624. The van der Waals surface area contributed by atoms with Gasteiger partial charge in [0.15, 0.2) is 0 Å². The number of hydrogen-bond donors (Lipinski definition) is 0. The molecule has 3 aromatic rings. The number of fused-ring (bicyclic) bond motifs is 1. The van der Waals surface area contributed by atoms with E-state index in [9.17, 15) is 13.2 Å². The van der Waals surface area contributed by atoms with E-state index in [4.69, 9.17) is 0 Å². The summed E-state index contributed by atoms with van der Waals surface area (Å²) in [6.07, 6.45) is 1.07. The molecule has 0 spiro atoms. The Morgan fingerprint density at radius 3 is 2.39 bits per heavy atom. The van der Waals surface area contributed by atoms with Crippen molar-refractivity contribution in [2.45, 2.75) is 13.3 Å². The SMILES string of the molecule is Cc1cn(/C=C\c2ccc(OC(F)(F)F)cc2)c2ccccc12. The Labute approximate surface area is 131 Å². The number of halogens is 3. The van der Waals surface area contributed by atoms with Gasteiger partial charge in [0.1, 0.15) is 5.75 Å². The number of aromatic nitrogens is 1. The molecule has 0 aliphatic rings. The predicted molar refractivity (Wildman–Crippen MR) is 85.0 cm³/mol. The second kappa shape index (κ2) is 5.83. The first-order chi connectivity index (χ1) is 10.9. The molecule has 23 heavy (non-hydrogen) atoms. The maximum absolute atomic E-state index is 12.1. The zero-order valence-electron chi connectivity index (χ0n) is 12.3. The molecule has 118 valence electrons. The Kier molecular flexibility index (Phi) is 3.86. The van der Waals surface area contributed by atoms with Gasteiger partial charge in [0.2, 0.25) is 0 Å². The zero-order chi connectivity index (χ0) is 16.4. The van der Waals surface area contributed by atoms with Crippen LogP contribution < -0.4 is 4.74 Å². The molecule has 3 rings (SSSR count). The summed E-state index contributed by atoms with van der Waals surface area (Å²) in [5.41, 5.74) is 3.03. The van der Waals surface area contributed by atoms with Crippen LogP contribution in [-0.4, -0.2) is 10.9 Å². The third-order valence-electron chi connectivity index (χ3n) is 3.48. The molecular formula is C18H14F3NO. The molecule has 0 amide bonds. The van der Waals surface area contributed by atoms with Crippen molar-refractivity contribution < 1.29 is 17.9 Å². The van der Waals surface area contributed by atoms with E-state index in [1.807, 2.05) is 48.2 Å². The summed E-state index contributed by atoms with van der Waals surface area (Å²) in [6, 6.07) is 13.8. The molecular weight excluding hydrogens is 303 g/mol. The van der Waals surface area contributed by atoms with Gasteiger partial charge < -0.3 is 9.30 Å². The third kappa shape index (κ3) is 3.56. The van der Waals surface area contributed by atoms with Gasteiger partial charge in [-0.3, -0.25) is 0 Å². The molecule has 2 aromatic carbocycles. The van der Waals surface area contributed by atoms with Crippen LogP contribution in [0.3, 0.4) is 0 Å². The molecule has 2 nitrogen and oxygen atoms in total. The second-order valence-electron chi connectivity index (χ2n) is 5.17. The minimum absolute atomic E-state index is 0.225. The average molecular weight is 317 g/mol. The highest BCUT2D eigenvalue weighted by Gasteiger charge is 2.30. The van der Waals surface area contributed by atoms with Gasteiger partial charge >= 0.3 is 6.36 Å². The summed E-state index contributed by atoms with van der Waals surface area (Å²) in [7, 11) is 0. The minimum atomic E-state index is -4.67. The Hall–Kier alpha value is -2.69. The highest BCUT2D eigenvalue weighted by Crippen LogP contribution is 2.24. The van der Waals surface area contributed by atoms with Gasteiger partial charge in [-0.15, -0.1) is 13.2 Å². The molecule has 0 N–H and O–H groups in total. The highest BCUT2D eigenvalue weighted by molar-refractivity contribution is 5.86. The summed E-state index contributed by atoms with van der Waals surface area (Å²) in [4.78, 5) is 0. The van der Waals surface area contributed by atoms with Gasteiger partial charge in [0.25, 0.3) is 0 Å². The number of benzene rings is 2. The Morgan fingerprint density at radius 1 is 1.00 bits per heavy atom. The van der Waals surface area contributed by atoms with E-state index in [2.05, 4.69) is 10.8 Å². The number of para-hydroxylation sites is 1. The lowest BCUT2D eigenvalue weighted by molar-refractivity contribution is -0.274. The molecule has 5 heteroatoms. The molecule has 0 atom stereocenters. The van der Waals surface area contributed by atoms with Crippen molar-refractivity contribution in [1.29, 1.82) is 0 Å². The Morgan fingerprint density at radius 2 is 1.70 bits per heavy atom. The summed E-state index contributed by atoms with van der Waals surface area (Å²) < 4.78 is 42.2. The normalized spacial score (nSPS) is 12.2. The van der Waals surface area contributed by atoms with Gasteiger partial charge in [-0.2, -0.15) is 0 Å². The molecule has 1 aromatic heterocycles. The topological polar surface area (TPSA) is 14.2 Å². The van der Waals surface area contributed by atoms with Crippen molar-refractivity contribution in [3.05, 3.63) is 65.9 Å². The summed E-state index contributed by atoms with van der Waals surface area (Å²) >= 11 is 0. The Balaban J connectivity index is 1.82. The van der Waals surface area contributed by atoms with Crippen LogP contribution in [0.1, 0.15) is 11.1 Å². The first-order valence-corrected chi connectivity index (χ1v) is 7.02. The van der Waals surface area contributed by atoms with Gasteiger partial charge in [-0.25, -0.2) is 0 Å². The van der Waals surface area contributed by atoms with E-state index < -0.39 is 6.36 Å². The van der Waals surface area contributed by atoms with Crippen LogP contribution in [0.25, 0.3) is 23.2 Å². The van der Waals surface area contributed by atoms with Gasteiger partial charge in [-0.05, 0) is 42.3 Å². The van der Waals surface area contributed by atoms with Crippen molar-refractivity contribution in [1.82, 2.24) is 4.57 Å². The van der Waals surface area contributed by atoms with Crippen LogP contribution in [0, 0.1) is 6.92 Å². The summed E-state index contributed by atoms with van der Waals surface area (Å²) in [5.74, 6) is -0.225. The lowest BCUT2D eigenvalue weighted by Gasteiger charge is -2.08. The predicted octanol–water partition coefficient (Wildman–Crippen LogP) is 5.48. The fraction of sp³-hybridized carbons (Fsp3) is 0.111. The number of nitrogens with zero attached hydrogens (tertiary/aromatic N) is 1. The first-order valence-electron chi connectivity index (χ1n) is 7.02. The molecule has 0 fully saturated rings. The van der Waals surface area contributed by atoms with Crippen molar-refractivity contribution in [3.63, 3.8) is 0 Å². The van der Waals surface area contributed by atoms with Crippen LogP contribution >= 0.6 is 0 Å². The Bertz CT molecular complexity index is 845. The molecule has 0 saturated heterocycles. The van der Waals surface area contributed by atoms with Crippen molar-refractivity contribution in [2.75, 3.05) is 0 Å². The van der Waals surface area contributed by atoms with E-state index in [1.165, 1.54) is 23.1 Å². The standard InChI is InChI=1S/C18H14F3NO/c1-13-12-22(17-5-3-2-4-16(13)17)11-10-14-6-8-15(9-7-14)23-18(19,20)21/h2-12H,1H3/b11-10-. The molecule has 0 aliphatic carbocycles. The minimum Gasteiger partial charge on any atom is -0.406 e. The summed E-state index contributed by atoms with van der Waals surface area (Å²) in [6.45, 7) is 2.04. The van der Waals surface area contributed by atoms with Crippen molar-refractivity contribution >= 4 is 23.2 Å². The maximum Gasteiger partial charge on any atom is 0.573 e. The largest absolute Gasteiger partial charge is 0.573 e. The maximum atomic E-state index is 12.1. The number of rotatable bonds is 3. The first kappa shape index (κ1) is 15.2. The lowest BCUT2D eigenvalue weighted by Crippen LogP contribution is -2.16. The fourth-order valence-corrected chi connectivity index (χ4v) is 2.45. The van der Waals surface area contributed by atoms with E-state index in [0.717, 1.165) is 11.1 Å². The molecule has 0 unspecified atom stereocenters. The van der Waals surface area contributed by atoms with E-state index in [0.29, 0.717) is 0 Å². The van der Waals surface area contributed by atoms with Crippen molar-refractivity contribution in [3.8, 4) is 5.75 Å². The number of hydrogen-bond acceptors (Lipinski definition) is 1. The van der Waals surface area contributed by atoms with Crippen LogP contribution in [0.4, 0.5) is 13.2 Å². The van der Waals surface area contributed by atoms with Crippen LogP contribution in [-0.2, 0) is 0 Å². The van der Waals surface area contributed by atoms with E-state index in [-0.39, 0.29) is 5.75 Å². The second-order valence-corrected chi connectivity index (χ2v) is 5.17. The van der Waals surface area contributed by atoms with Gasteiger partial charge in [-0.1, -0.05) is 30.3 Å². The monoisotopic (exact) mass is 317 g/mol. The van der Waals surface area contributed by atoms with Crippen molar-refractivity contribution in [2.24, 2.45) is 0 Å². The molecule has 1 heterocycles. The lowest BCUT2D eigenvalue weighted by atomic mass is 10.2. The van der Waals surface area contributed by atoms with Crippen LogP contribution in [0.2, 0.25) is 0 Å². The smallest absolute Gasteiger partial charge is 0.406 e. The van der Waals surface area contributed by atoms with E-state index >= 15 is 0 Å².